The summed E-state index contributed by atoms with van der Waals surface area (Å²) in [5.41, 5.74) is 0.378. The van der Waals surface area contributed by atoms with Gasteiger partial charge in [0, 0.05) is 6.08 Å². The van der Waals surface area contributed by atoms with Gasteiger partial charge in [0.15, 0.2) is 0 Å². The van der Waals surface area contributed by atoms with Crippen LogP contribution in [0.2, 0.25) is 0 Å². The van der Waals surface area contributed by atoms with E-state index in [-0.39, 0.29) is 31.0 Å². The molecule has 8 heteroatoms. The van der Waals surface area contributed by atoms with Crippen molar-refractivity contribution >= 4 is 17.8 Å². The number of rotatable bonds is 9. The van der Waals surface area contributed by atoms with Crippen molar-refractivity contribution in [1.29, 1.82) is 0 Å². The SMILES string of the molecule is CC(O/N=C/COCc1ccccc1/C(=C\C(F)(F)F)C(=O)O)c1ccccc1. The standard InChI is InChI=1S/C21H20F3NO4/c1-15(16-7-3-2-4-8-16)29-25-11-12-28-14-17-9-5-6-10-18(17)19(20(26)27)13-21(22,23)24/h2-11,13,15H,12,14H2,1H3,(H,26,27)/b19-13+,25-11+. The predicted molar refractivity (Wildman–Crippen MR) is 102 cm³/mol. The molecule has 2 aromatic carbocycles. The van der Waals surface area contributed by atoms with Crippen LogP contribution in [0.25, 0.3) is 5.57 Å². The van der Waals surface area contributed by atoms with Crippen molar-refractivity contribution in [2.45, 2.75) is 25.8 Å². The molecule has 0 saturated heterocycles. The number of oxime groups is 1. The number of alkyl halides is 3. The molecule has 0 fully saturated rings. The summed E-state index contributed by atoms with van der Waals surface area (Å²) < 4.78 is 43.4. The van der Waals surface area contributed by atoms with Crippen molar-refractivity contribution in [3.8, 4) is 0 Å². The van der Waals surface area contributed by atoms with Gasteiger partial charge in [-0.2, -0.15) is 13.2 Å². The Morgan fingerprint density at radius 2 is 1.79 bits per heavy atom. The second kappa shape index (κ2) is 10.4. The predicted octanol–water partition coefficient (Wildman–Crippen LogP) is 5.00. The van der Waals surface area contributed by atoms with E-state index in [0.717, 1.165) is 5.56 Å². The Bertz CT molecular complexity index is 864. The van der Waals surface area contributed by atoms with E-state index in [4.69, 9.17) is 14.7 Å². The molecular formula is C21H20F3NO4. The highest BCUT2D eigenvalue weighted by Gasteiger charge is 2.28. The number of nitrogens with zero attached hydrogens (tertiary/aromatic N) is 1. The van der Waals surface area contributed by atoms with E-state index in [1.807, 2.05) is 37.3 Å². The molecule has 0 aliphatic carbocycles. The van der Waals surface area contributed by atoms with Crippen molar-refractivity contribution in [2.75, 3.05) is 6.61 Å². The number of carboxylic acid groups (broad SMARTS) is 1. The molecule has 0 spiro atoms. The van der Waals surface area contributed by atoms with Gasteiger partial charge >= 0.3 is 12.1 Å². The molecule has 2 rings (SSSR count). The molecular weight excluding hydrogens is 387 g/mol. The molecule has 0 aliphatic rings. The minimum Gasteiger partial charge on any atom is -0.478 e. The van der Waals surface area contributed by atoms with Crippen LogP contribution >= 0.6 is 0 Å². The Kier molecular flexibility index (Phi) is 7.97. The third kappa shape index (κ3) is 7.42. The van der Waals surface area contributed by atoms with Gasteiger partial charge < -0.3 is 14.7 Å². The molecule has 29 heavy (non-hydrogen) atoms. The van der Waals surface area contributed by atoms with Gasteiger partial charge in [0.25, 0.3) is 0 Å². The summed E-state index contributed by atoms with van der Waals surface area (Å²) >= 11 is 0. The monoisotopic (exact) mass is 407 g/mol. The largest absolute Gasteiger partial charge is 0.478 e. The van der Waals surface area contributed by atoms with Crippen LogP contribution in [0.4, 0.5) is 13.2 Å². The van der Waals surface area contributed by atoms with Crippen LogP contribution in [-0.2, 0) is 21.0 Å². The van der Waals surface area contributed by atoms with Gasteiger partial charge in [-0.25, -0.2) is 4.79 Å². The number of benzene rings is 2. The zero-order chi connectivity index (χ0) is 21.3. The summed E-state index contributed by atoms with van der Waals surface area (Å²) in [6.45, 7) is 1.80. The number of carbonyl (C=O) groups is 1. The average molecular weight is 407 g/mol. The number of hydrogen-bond acceptors (Lipinski definition) is 4. The van der Waals surface area contributed by atoms with Crippen LogP contribution in [0.1, 0.15) is 29.7 Å². The van der Waals surface area contributed by atoms with Gasteiger partial charge in [-0.1, -0.05) is 59.8 Å². The maximum absolute atomic E-state index is 12.7. The molecule has 1 unspecified atom stereocenters. The van der Waals surface area contributed by atoms with E-state index >= 15 is 0 Å². The maximum atomic E-state index is 12.7. The number of hydrogen-bond donors (Lipinski definition) is 1. The molecule has 1 N–H and O–H groups in total. The Morgan fingerprint density at radius 1 is 1.14 bits per heavy atom. The molecule has 0 aliphatic heterocycles. The first kappa shape index (κ1) is 22.2. The molecule has 5 nitrogen and oxygen atoms in total. The van der Waals surface area contributed by atoms with Gasteiger partial charge in [-0.15, -0.1) is 0 Å². The average Bonchev–Trinajstić information content (AvgIpc) is 2.69. The van der Waals surface area contributed by atoms with Gasteiger partial charge in [0.05, 0.1) is 25.0 Å². The number of halogens is 3. The van der Waals surface area contributed by atoms with Gasteiger partial charge in [0.2, 0.25) is 0 Å². The van der Waals surface area contributed by atoms with Crippen LogP contribution in [-0.4, -0.2) is 30.1 Å². The lowest BCUT2D eigenvalue weighted by molar-refractivity contribution is -0.131. The fraction of sp³-hybridized carbons (Fsp3) is 0.238. The fourth-order valence-electron chi connectivity index (χ4n) is 2.50. The highest BCUT2D eigenvalue weighted by molar-refractivity contribution is 6.16. The zero-order valence-electron chi connectivity index (χ0n) is 15.6. The third-order valence-corrected chi connectivity index (χ3v) is 3.86. The molecule has 2 aromatic rings. The molecule has 0 heterocycles. The number of carboxylic acids is 1. The topological polar surface area (TPSA) is 68.1 Å². The lowest BCUT2D eigenvalue weighted by Gasteiger charge is -2.11. The Labute approximate surface area is 166 Å². The molecule has 0 aromatic heterocycles. The van der Waals surface area contributed by atoms with Crippen LogP contribution in [0, 0.1) is 0 Å². The quantitative estimate of drug-likeness (QED) is 0.275. The highest BCUT2D eigenvalue weighted by atomic mass is 19.4. The number of allylic oxidation sites excluding steroid dienone is 1. The van der Waals surface area contributed by atoms with Crippen LogP contribution < -0.4 is 0 Å². The van der Waals surface area contributed by atoms with E-state index in [2.05, 4.69) is 5.16 Å². The molecule has 0 saturated carbocycles. The lowest BCUT2D eigenvalue weighted by atomic mass is 9.99. The number of aliphatic carboxylic acids is 1. The molecule has 0 radical (unpaired) electrons. The first-order valence-corrected chi connectivity index (χ1v) is 8.69. The van der Waals surface area contributed by atoms with Crippen LogP contribution in [0.3, 0.4) is 0 Å². The minimum absolute atomic E-state index is 0.0429. The first-order valence-electron chi connectivity index (χ1n) is 8.69. The molecule has 1 atom stereocenters. The smallest absolute Gasteiger partial charge is 0.410 e. The Hall–Kier alpha value is -3.13. The minimum atomic E-state index is -4.75. The van der Waals surface area contributed by atoms with E-state index in [1.165, 1.54) is 24.4 Å². The summed E-state index contributed by atoms with van der Waals surface area (Å²) in [5.74, 6) is -1.67. The van der Waals surface area contributed by atoms with Crippen molar-refractivity contribution in [1.82, 2.24) is 0 Å². The number of ether oxygens (including phenoxy) is 1. The summed E-state index contributed by atoms with van der Waals surface area (Å²) in [6.07, 6.45) is -3.85. The van der Waals surface area contributed by atoms with Crippen molar-refractivity contribution < 1.29 is 32.6 Å². The van der Waals surface area contributed by atoms with Gasteiger partial charge in [0.1, 0.15) is 6.10 Å². The zero-order valence-corrected chi connectivity index (χ0v) is 15.6. The van der Waals surface area contributed by atoms with Crippen molar-refractivity contribution in [3.05, 3.63) is 77.4 Å². The molecule has 154 valence electrons. The normalized spacial score (nSPS) is 13.4. The molecule has 0 amide bonds. The summed E-state index contributed by atoms with van der Waals surface area (Å²) in [7, 11) is 0. The first-order chi connectivity index (χ1) is 13.8. The maximum Gasteiger partial charge on any atom is 0.410 e. The Balaban J connectivity index is 1.95. The fourth-order valence-corrected chi connectivity index (χ4v) is 2.50. The Morgan fingerprint density at radius 3 is 2.45 bits per heavy atom. The van der Waals surface area contributed by atoms with Crippen LogP contribution in [0.5, 0.6) is 0 Å². The van der Waals surface area contributed by atoms with Crippen LogP contribution in [0.15, 0.2) is 65.8 Å². The molecule has 0 bridgehead atoms. The summed E-state index contributed by atoms with van der Waals surface area (Å²) in [6, 6.07) is 15.3. The van der Waals surface area contributed by atoms with E-state index in [9.17, 15) is 18.0 Å². The highest BCUT2D eigenvalue weighted by Crippen LogP contribution is 2.27. The van der Waals surface area contributed by atoms with E-state index in [1.54, 1.807) is 6.07 Å². The van der Waals surface area contributed by atoms with Crippen molar-refractivity contribution in [3.63, 3.8) is 0 Å². The summed E-state index contributed by atoms with van der Waals surface area (Å²) in [4.78, 5) is 16.6. The van der Waals surface area contributed by atoms with E-state index < -0.39 is 17.7 Å². The van der Waals surface area contributed by atoms with Crippen molar-refractivity contribution in [2.24, 2.45) is 5.16 Å². The second-order valence-corrected chi connectivity index (χ2v) is 6.02. The van der Waals surface area contributed by atoms with Gasteiger partial charge in [-0.05, 0) is 23.6 Å². The van der Waals surface area contributed by atoms with E-state index in [0.29, 0.717) is 5.56 Å². The van der Waals surface area contributed by atoms with Gasteiger partial charge in [-0.3, -0.25) is 0 Å². The second-order valence-electron chi connectivity index (χ2n) is 6.02. The lowest BCUT2D eigenvalue weighted by Crippen LogP contribution is -2.10. The third-order valence-electron chi connectivity index (χ3n) is 3.86. The summed E-state index contributed by atoms with van der Waals surface area (Å²) in [5, 5.41) is 13.0.